The largest absolute Gasteiger partial charge is 0.378 e. The van der Waals surface area contributed by atoms with E-state index in [9.17, 15) is 9.18 Å². The number of carbonyl (C=O) groups is 1. The number of hydrogen-bond donors (Lipinski definition) is 2. The summed E-state index contributed by atoms with van der Waals surface area (Å²) in [6, 6.07) is 15.6. The minimum absolute atomic E-state index is 0.248. The smallest absolute Gasteiger partial charge is 0.318 e. The lowest BCUT2D eigenvalue weighted by atomic mass is 10.2. The van der Waals surface area contributed by atoms with Gasteiger partial charge in [-0.3, -0.25) is 0 Å². The van der Waals surface area contributed by atoms with Crippen molar-refractivity contribution in [2.75, 3.05) is 43.6 Å². The van der Waals surface area contributed by atoms with Crippen LogP contribution in [-0.4, -0.2) is 49.4 Å². The standard InChI is InChI=1S/C23H24FN5O2S/c1-25-23(30)27-18-6-2-16(3-7-18)22-26-19(15-32-20-8-4-17(24)5-9-20)14-21(28-22)29-10-12-31-13-11-29/h2-9,14H,10-13,15H2,1H3,(H2,25,27,30). The average Bonchev–Trinajstić information content (AvgIpc) is 2.84. The Kier molecular flexibility index (Phi) is 7.18. The second-order valence-electron chi connectivity index (χ2n) is 7.16. The number of nitrogens with zero attached hydrogens (tertiary/aromatic N) is 3. The van der Waals surface area contributed by atoms with Gasteiger partial charge in [0.2, 0.25) is 0 Å². The molecule has 1 aliphatic heterocycles. The van der Waals surface area contributed by atoms with E-state index >= 15 is 0 Å². The van der Waals surface area contributed by atoms with Gasteiger partial charge in [-0.2, -0.15) is 0 Å². The molecule has 4 rings (SSSR count). The summed E-state index contributed by atoms with van der Waals surface area (Å²) in [4.78, 5) is 24.3. The first kappa shape index (κ1) is 22.0. The maximum Gasteiger partial charge on any atom is 0.318 e. The lowest BCUT2D eigenvalue weighted by Crippen LogP contribution is -2.37. The van der Waals surface area contributed by atoms with E-state index in [4.69, 9.17) is 14.7 Å². The molecule has 0 atom stereocenters. The van der Waals surface area contributed by atoms with Crippen molar-refractivity contribution in [2.45, 2.75) is 10.6 Å². The number of hydrogen-bond acceptors (Lipinski definition) is 6. The van der Waals surface area contributed by atoms with Crippen molar-refractivity contribution >= 4 is 29.3 Å². The number of benzene rings is 2. The first-order chi connectivity index (χ1) is 15.6. The van der Waals surface area contributed by atoms with Crippen molar-refractivity contribution in [3.05, 3.63) is 66.1 Å². The summed E-state index contributed by atoms with van der Waals surface area (Å²) in [6.07, 6.45) is 0. The molecule has 9 heteroatoms. The fourth-order valence-electron chi connectivity index (χ4n) is 3.22. The molecule has 2 heterocycles. The summed E-state index contributed by atoms with van der Waals surface area (Å²) in [5.74, 6) is 1.87. The van der Waals surface area contributed by atoms with Crippen LogP contribution in [-0.2, 0) is 10.5 Å². The Bertz CT molecular complexity index is 1060. The van der Waals surface area contributed by atoms with Crippen LogP contribution in [0.15, 0.2) is 59.5 Å². The summed E-state index contributed by atoms with van der Waals surface area (Å²) in [5, 5.41) is 5.27. The van der Waals surface area contributed by atoms with Crippen molar-refractivity contribution in [3.63, 3.8) is 0 Å². The van der Waals surface area contributed by atoms with Crippen LogP contribution in [0, 0.1) is 5.82 Å². The van der Waals surface area contributed by atoms with E-state index in [-0.39, 0.29) is 11.8 Å². The van der Waals surface area contributed by atoms with Crippen LogP contribution in [0.3, 0.4) is 0 Å². The van der Waals surface area contributed by atoms with Gasteiger partial charge in [0.1, 0.15) is 11.6 Å². The Morgan fingerprint density at radius 2 is 1.81 bits per heavy atom. The van der Waals surface area contributed by atoms with Gasteiger partial charge in [0.05, 0.1) is 18.9 Å². The number of halogens is 1. The van der Waals surface area contributed by atoms with Crippen LogP contribution < -0.4 is 15.5 Å². The zero-order chi connectivity index (χ0) is 22.3. The first-order valence-corrected chi connectivity index (χ1v) is 11.3. The molecule has 2 amide bonds. The normalized spacial score (nSPS) is 13.6. The number of thioether (sulfide) groups is 1. The van der Waals surface area contributed by atoms with Crippen LogP contribution in [0.2, 0.25) is 0 Å². The summed E-state index contributed by atoms with van der Waals surface area (Å²) in [7, 11) is 1.57. The molecule has 166 valence electrons. The Morgan fingerprint density at radius 3 is 2.50 bits per heavy atom. The second kappa shape index (κ2) is 10.4. The van der Waals surface area contributed by atoms with E-state index in [1.165, 1.54) is 12.1 Å². The third-order valence-electron chi connectivity index (χ3n) is 4.93. The molecule has 32 heavy (non-hydrogen) atoms. The molecule has 0 spiro atoms. The number of amides is 2. The van der Waals surface area contributed by atoms with Crippen LogP contribution in [0.4, 0.5) is 20.7 Å². The molecule has 1 aliphatic rings. The number of anilines is 2. The van der Waals surface area contributed by atoms with Crippen LogP contribution in [0.1, 0.15) is 5.69 Å². The predicted molar refractivity (Wildman–Crippen MR) is 125 cm³/mol. The van der Waals surface area contributed by atoms with Gasteiger partial charge >= 0.3 is 6.03 Å². The first-order valence-electron chi connectivity index (χ1n) is 10.3. The molecular weight excluding hydrogens is 429 g/mol. The molecule has 1 aromatic heterocycles. The van der Waals surface area contributed by atoms with Crippen LogP contribution >= 0.6 is 11.8 Å². The third-order valence-corrected chi connectivity index (χ3v) is 5.97. The summed E-state index contributed by atoms with van der Waals surface area (Å²) >= 11 is 1.60. The van der Waals surface area contributed by atoms with Crippen molar-refractivity contribution in [1.29, 1.82) is 0 Å². The zero-order valence-electron chi connectivity index (χ0n) is 17.7. The lowest BCUT2D eigenvalue weighted by molar-refractivity contribution is 0.122. The van der Waals surface area contributed by atoms with Crippen molar-refractivity contribution < 1.29 is 13.9 Å². The molecule has 1 fully saturated rings. The SMILES string of the molecule is CNC(=O)Nc1ccc(-c2nc(CSc3ccc(F)cc3)cc(N3CCOCC3)n2)cc1. The van der Waals surface area contributed by atoms with E-state index < -0.39 is 0 Å². The minimum atomic E-state index is -0.275. The highest BCUT2D eigenvalue weighted by Gasteiger charge is 2.16. The summed E-state index contributed by atoms with van der Waals surface area (Å²) in [5.41, 5.74) is 2.43. The molecule has 2 aromatic carbocycles. The van der Waals surface area contributed by atoms with Crippen LogP contribution in [0.25, 0.3) is 11.4 Å². The molecule has 0 bridgehead atoms. The third kappa shape index (κ3) is 5.74. The fraction of sp³-hybridized carbons (Fsp3) is 0.261. The van der Waals surface area contributed by atoms with Crippen LogP contribution in [0.5, 0.6) is 0 Å². The average molecular weight is 454 g/mol. The van der Waals surface area contributed by atoms with E-state index in [2.05, 4.69) is 15.5 Å². The van der Waals surface area contributed by atoms with Gasteiger partial charge in [-0.05, 0) is 48.5 Å². The van der Waals surface area contributed by atoms with E-state index in [1.54, 1.807) is 30.9 Å². The molecule has 0 radical (unpaired) electrons. The number of nitrogens with one attached hydrogen (secondary N) is 2. The predicted octanol–water partition coefficient (Wildman–Crippen LogP) is 4.16. The topological polar surface area (TPSA) is 79.4 Å². The van der Waals surface area contributed by atoms with Crippen molar-refractivity contribution in [2.24, 2.45) is 0 Å². The maximum absolute atomic E-state index is 13.2. The zero-order valence-corrected chi connectivity index (χ0v) is 18.5. The number of ether oxygens (including phenoxy) is 1. The monoisotopic (exact) mass is 453 g/mol. The molecule has 0 saturated carbocycles. The second-order valence-corrected chi connectivity index (χ2v) is 8.21. The van der Waals surface area contributed by atoms with Gasteiger partial charge in [0.25, 0.3) is 0 Å². The van der Waals surface area contributed by atoms with E-state index in [0.29, 0.717) is 30.5 Å². The number of rotatable bonds is 6. The lowest BCUT2D eigenvalue weighted by Gasteiger charge is -2.28. The number of urea groups is 1. The van der Waals surface area contributed by atoms with Gasteiger partial charge < -0.3 is 20.3 Å². The maximum atomic E-state index is 13.2. The van der Waals surface area contributed by atoms with Gasteiger partial charge in [-0.15, -0.1) is 11.8 Å². The molecule has 0 aliphatic carbocycles. The highest BCUT2D eigenvalue weighted by Crippen LogP contribution is 2.27. The van der Waals surface area contributed by atoms with Gasteiger partial charge in [0, 0.05) is 48.1 Å². The van der Waals surface area contributed by atoms with E-state index in [1.807, 2.05) is 30.3 Å². The molecule has 3 aromatic rings. The van der Waals surface area contributed by atoms with E-state index in [0.717, 1.165) is 35.1 Å². The highest BCUT2D eigenvalue weighted by atomic mass is 32.2. The molecule has 0 unspecified atom stereocenters. The van der Waals surface area contributed by atoms with Gasteiger partial charge in [-0.25, -0.2) is 19.2 Å². The minimum Gasteiger partial charge on any atom is -0.378 e. The molecule has 1 saturated heterocycles. The number of morpholine rings is 1. The van der Waals surface area contributed by atoms with Gasteiger partial charge in [0.15, 0.2) is 5.82 Å². The quantitative estimate of drug-likeness (QED) is 0.546. The highest BCUT2D eigenvalue weighted by molar-refractivity contribution is 7.98. The number of carbonyl (C=O) groups excluding carboxylic acids is 1. The Morgan fingerprint density at radius 1 is 1.09 bits per heavy atom. The Hall–Kier alpha value is -3.17. The van der Waals surface area contributed by atoms with Crippen molar-refractivity contribution in [1.82, 2.24) is 15.3 Å². The Labute approximate surface area is 190 Å². The van der Waals surface area contributed by atoms with Crippen molar-refractivity contribution in [3.8, 4) is 11.4 Å². The van der Waals surface area contributed by atoms with Gasteiger partial charge in [-0.1, -0.05) is 0 Å². The molecular formula is C23H24FN5O2S. The fourth-order valence-corrected chi connectivity index (χ4v) is 4.02. The summed E-state index contributed by atoms with van der Waals surface area (Å²) < 4.78 is 18.7. The molecule has 2 N–H and O–H groups in total. The molecule has 7 nitrogen and oxygen atoms in total. The number of aromatic nitrogens is 2. The summed E-state index contributed by atoms with van der Waals surface area (Å²) in [6.45, 7) is 2.88. The Balaban J connectivity index is 1.59.